The molecule has 1 N–H and O–H groups in total. The Balaban J connectivity index is 1.63. The number of rotatable bonds is 5. The number of nitrogens with zero attached hydrogens (tertiary/aromatic N) is 2. The first-order chi connectivity index (χ1) is 9.38. The summed E-state index contributed by atoms with van der Waals surface area (Å²) in [5.74, 6) is 1.69. The lowest BCUT2D eigenvalue weighted by molar-refractivity contribution is 0.173. The van der Waals surface area contributed by atoms with Crippen molar-refractivity contribution in [3.05, 3.63) is 41.7 Å². The van der Waals surface area contributed by atoms with Crippen molar-refractivity contribution in [1.29, 1.82) is 0 Å². The van der Waals surface area contributed by atoms with Gasteiger partial charge in [0.15, 0.2) is 11.5 Å². The molecule has 5 heteroatoms. The highest BCUT2D eigenvalue weighted by Gasteiger charge is 2.16. The Kier molecular flexibility index (Phi) is 3.37. The summed E-state index contributed by atoms with van der Waals surface area (Å²) >= 11 is 0. The maximum Gasteiger partial charge on any atom is 0.231 e. The van der Waals surface area contributed by atoms with Gasteiger partial charge in [-0.15, -0.1) is 0 Å². The number of para-hydroxylation sites is 1. The number of fused-ring (bicyclic) bond motifs is 1. The third-order valence-electron chi connectivity index (χ3n) is 3.20. The number of hydrogen-bond donors (Lipinski definition) is 1. The fourth-order valence-corrected chi connectivity index (χ4v) is 2.25. The van der Waals surface area contributed by atoms with Crippen LogP contribution >= 0.6 is 0 Å². The predicted octanol–water partition coefficient (Wildman–Crippen LogP) is 1.92. The number of aryl methyl sites for hydroxylation is 1. The largest absolute Gasteiger partial charge is 0.454 e. The summed E-state index contributed by atoms with van der Waals surface area (Å²) < 4.78 is 12.8. The highest BCUT2D eigenvalue weighted by Crippen LogP contribution is 2.35. The molecule has 1 aromatic heterocycles. The first kappa shape index (κ1) is 12.0. The lowest BCUT2D eigenvalue weighted by Crippen LogP contribution is -2.16. The quantitative estimate of drug-likeness (QED) is 0.891. The van der Waals surface area contributed by atoms with Crippen LogP contribution in [0.3, 0.4) is 0 Å². The first-order valence-corrected chi connectivity index (χ1v) is 6.47. The van der Waals surface area contributed by atoms with Crippen molar-refractivity contribution in [2.45, 2.75) is 26.6 Å². The lowest BCUT2D eigenvalue weighted by atomic mass is 10.2. The normalized spacial score (nSPS) is 12.9. The topological polar surface area (TPSA) is 48.3 Å². The van der Waals surface area contributed by atoms with Gasteiger partial charge in [0.25, 0.3) is 0 Å². The first-order valence-electron chi connectivity index (χ1n) is 6.47. The molecule has 0 amide bonds. The maximum atomic E-state index is 5.48. The maximum absolute atomic E-state index is 5.48. The Bertz CT molecular complexity index is 566. The highest BCUT2D eigenvalue weighted by atomic mass is 16.7. The van der Waals surface area contributed by atoms with Crippen LogP contribution < -0.4 is 14.8 Å². The van der Waals surface area contributed by atoms with Gasteiger partial charge in [-0.3, -0.25) is 4.68 Å². The van der Waals surface area contributed by atoms with E-state index in [2.05, 4.69) is 23.4 Å². The zero-order valence-corrected chi connectivity index (χ0v) is 10.9. The van der Waals surface area contributed by atoms with Gasteiger partial charge in [0.1, 0.15) is 0 Å². The number of benzene rings is 1. The van der Waals surface area contributed by atoms with Gasteiger partial charge in [0.2, 0.25) is 6.79 Å². The summed E-state index contributed by atoms with van der Waals surface area (Å²) in [6, 6.07) is 8.00. The van der Waals surface area contributed by atoms with E-state index in [1.54, 1.807) is 0 Å². The lowest BCUT2D eigenvalue weighted by Gasteiger charge is -2.08. The molecule has 3 rings (SSSR count). The SMILES string of the molecule is CCn1nccc1CNCc1cccc2c1OCO2. The fourth-order valence-electron chi connectivity index (χ4n) is 2.25. The van der Waals surface area contributed by atoms with Gasteiger partial charge in [-0.05, 0) is 19.1 Å². The molecule has 0 aliphatic carbocycles. The Hall–Kier alpha value is -2.01. The molecular weight excluding hydrogens is 242 g/mol. The molecule has 0 atom stereocenters. The standard InChI is InChI=1S/C14H17N3O2/c1-2-17-12(6-7-16-17)9-15-8-11-4-3-5-13-14(11)19-10-18-13/h3-7,15H,2,8-10H2,1H3. The van der Waals surface area contributed by atoms with Gasteiger partial charge in [0, 0.05) is 31.4 Å². The summed E-state index contributed by atoms with van der Waals surface area (Å²) in [5, 5.41) is 7.66. The van der Waals surface area contributed by atoms with Crippen LogP contribution in [0.15, 0.2) is 30.5 Å². The van der Waals surface area contributed by atoms with Gasteiger partial charge >= 0.3 is 0 Å². The molecule has 0 spiro atoms. The van der Waals surface area contributed by atoms with E-state index in [1.807, 2.05) is 29.1 Å². The Morgan fingerprint density at radius 1 is 1.26 bits per heavy atom. The smallest absolute Gasteiger partial charge is 0.231 e. The number of hydrogen-bond acceptors (Lipinski definition) is 4. The van der Waals surface area contributed by atoms with Gasteiger partial charge in [-0.1, -0.05) is 12.1 Å². The van der Waals surface area contributed by atoms with Crippen molar-refractivity contribution in [1.82, 2.24) is 15.1 Å². The van der Waals surface area contributed by atoms with Crippen molar-refractivity contribution in [2.24, 2.45) is 0 Å². The second kappa shape index (κ2) is 5.32. The van der Waals surface area contributed by atoms with Crippen LogP contribution in [0.1, 0.15) is 18.2 Å². The van der Waals surface area contributed by atoms with E-state index in [0.717, 1.165) is 36.7 Å². The Labute approximate surface area is 112 Å². The van der Waals surface area contributed by atoms with Crippen molar-refractivity contribution < 1.29 is 9.47 Å². The molecule has 100 valence electrons. The van der Waals surface area contributed by atoms with Crippen molar-refractivity contribution in [3.63, 3.8) is 0 Å². The summed E-state index contributed by atoms with van der Waals surface area (Å²) in [6.45, 7) is 4.84. The van der Waals surface area contributed by atoms with Crippen LogP contribution in [-0.2, 0) is 19.6 Å². The van der Waals surface area contributed by atoms with Gasteiger partial charge in [-0.25, -0.2) is 0 Å². The molecule has 0 saturated carbocycles. The van der Waals surface area contributed by atoms with E-state index < -0.39 is 0 Å². The van der Waals surface area contributed by atoms with Gasteiger partial charge in [-0.2, -0.15) is 5.10 Å². The van der Waals surface area contributed by atoms with E-state index >= 15 is 0 Å². The number of ether oxygens (including phenoxy) is 2. The molecule has 0 bridgehead atoms. The third kappa shape index (κ3) is 2.42. The van der Waals surface area contributed by atoms with E-state index in [9.17, 15) is 0 Å². The van der Waals surface area contributed by atoms with Crippen LogP contribution in [0.5, 0.6) is 11.5 Å². The molecule has 1 aromatic carbocycles. The summed E-state index contributed by atoms with van der Waals surface area (Å²) in [4.78, 5) is 0. The van der Waals surface area contributed by atoms with Crippen LogP contribution in [0.25, 0.3) is 0 Å². The van der Waals surface area contributed by atoms with Gasteiger partial charge < -0.3 is 14.8 Å². The van der Waals surface area contributed by atoms with Crippen LogP contribution in [0.4, 0.5) is 0 Å². The molecule has 0 radical (unpaired) electrons. The third-order valence-corrected chi connectivity index (χ3v) is 3.20. The molecule has 1 aliphatic heterocycles. The Morgan fingerprint density at radius 3 is 3.11 bits per heavy atom. The van der Waals surface area contributed by atoms with E-state index in [1.165, 1.54) is 5.69 Å². The number of aromatic nitrogens is 2. The molecule has 2 aromatic rings. The molecule has 2 heterocycles. The van der Waals surface area contributed by atoms with Crippen molar-refractivity contribution in [2.75, 3.05) is 6.79 Å². The molecular formula is C14H17N3O2. The van der Waals surface area contributed by atoms with E-state index in [4.69, 9.17) is 9.47 Å². The van der Waals surface area contributed by atoms with Crippen LogP contribution in [0, 0.1) is 0 Å². The molecule has 1 aliphatic rings. The minimum absolute atomic E-state index is 0.314. The monoisotopic (exact) mass is 259 g/mol. The second-order valence-electron chi connectivity index (χ2n) is 4.39. The minimum atomic E-state index is 0.314. The second-order valence-corrected chi connectivity index (χ2v) is 4.39. The van der Waals surface area contributed by atoms with Crippen molar-refractivity contribution in [3.8, 4) is 11.5 Å². The van der Waals surface area contributed by atoms with E-state index in [-0.39, 0.29) is 0 Å². The van der Waals surface area contributed by atoms with E-state index in [0.29, 0.717) is 6.79 Å². The minimum Gasteiger partial charge on any atom is -0.454 e. The molecule has 0 fully saturated rings. The molecule has 0 unspecified atom stereocenters. The summed E-state index contributed by atoms with van der Waals surface area (Å²) in [6.07, 6.45) is 1.83. The van der Waals surface area contributed by atoms with Crippen LogP contribution in [0.2, 0.25) is 0 Å². The number of nitrogens with one attached hydrogen (secondary N) is 1. The fraction of sp³-hybridized carbons (Fsp3) is 0.357. The average Bonchev–Trinajstić information content (AvgIpc) is 3.07. The highest BCUT2D eigenvalue weighted by molar-refractivity contribution is 5.48. The summed E-state index contributed by atoms with van der Waals surface area (Å²) in [7, 11) is 0. The predicted molar refractivity (Wildman–Crippen MR) is 71.0 cm³/mol. The van der Waals surface area contributed by atoms with Crippen LogP contribution in [-0.4, -0.2) is 16.6 Å². The molecule has 5 nitrogen and oxygen atoms in total. The van der Waals surface area contributed by atoms with Crippen molar-refractivity contribution >= 4 is 0 Å². The molecule has 19 heavy (non-hydrogen) atoms. The average molecular weight is 259 g/mol. The zero-order chi connectivity index (χ0) is 13.1. The van der Waals surface area contributed by atoms with Gasteiger partial charge in [0.05, 0.1) is 5.69 Å². The zero-order valence-electron chi connectivity index (χ0n) is 10.9. The molecule has 0 saturated heterocycles. The summed E-state index contributed by atoms with van der Waals surface area (Å²) in [5.41, 5.74) is 2.31. The Morgan fingerprint density at radius 2 is 2.21 bits per heavy atom.